The number of hydrogen-bond donors (Lipinski definition) is 0. The first kappa shape index (κ1) is 10.4. The van der Waals surface area contributed by atoms with Crippen LogP contribution in [0.4, 0.5) is 0 Å². The molecule has 0 aromatic rings. The van der Waals surface area contributed by atoms with Crippen molar-refractivity contribution in [3.63, 3.8) is 0 Å². The monoisotopic (exact) mass is 208 g/mol. The molecule has 0 unspecified atom stereocenters. The van der Waals surface area contributed by atoms with E-state index in [-0.39, 0.29) is 12.6 Å². The molecule has 1 aliphatic rings. The van der Waals surface area contributed by atoms with Crippen LogP contribution in [0.25, 0.3) is 0 Å². The maximum absolute atomic E-state index is 5.48. The molecule has 0 aromatic carbocycles. The molecule has 0 aromatic heterocycles. The highest BCUT2D eigenvalue weighted by Gasteiger charge is 2.23. The lowest BCUT2D eigenvalue weighted by atomic mass is 10.8. The first-order chi connectivity index (χ1) is 5.58. The molecule has 0 aliphatic carbocycles. The van der Waals surface area contributed by atoms with Crippen molar-refractivity contribution >= 4 is 18.6 Å². The van der Waals surface area contributed by atoms with Crippen LogP contribution in [0.1, 0.15) is 13.8 Å². The van der Waals surface area contributed by atoms with Crippen LogP contribution >= 0.6 is 0 Å². The summed E-state index contributed by atoms with van der Waals surface area (Å²) in [6.07, 6.45) is -0.332. The van der Waals surface area contributed by atoms with E-state index < -0.39 is 18.6 Å². The molecule has 12 heavy (non-hydrogen) atoms. The second-order valence-corrected chi connectivity index (χ2v) is 6.17. The van der Waals surface area contributed by atoms with Gasteiger partial charge in [0.2, 0.25) is 0 Å². The summed E-state index contributed by atoms with van der Waals surface area (Å²) in [5, 5.41) is 0. The van der Waals surface area contributed by atoms with Crippen LogP contribution in [0.2, 0.25) is 13.1 Å². The first-order valence-corrected chi connectivity index (χ1v) is 8.39. The third kappa shape index (κ3) is 3.34. The van der Waals surface area contributed by atoms with Crippen LogP contribution in [0, 0.1) is 0 Å². The van der Waals surface area contributed by atoms with Crippen molar-refractivity contribution in [2.24, 2.45) is 0 Å². The highest BCUT2D eigenvalue weighted by Crippen LogP contribution is 2.10. The molecule has 0 bridgehead atoms. The second kappa shape index (κ2) is 4.49. The van der Waals surface area contributed by atoms with Gasteiger partial charge in [0.25, 0.3) is 0 Å². The van der Waals surface area contributed by atoms with Crippen LogP contribution in [-0.2, 0) is 17.7 Å². The molecule has 0 atom stereocenters. The molecule has 72 valence electrons. The van der Waals surface area contributed by atoms with Crippen molar-refractivity contribution in [3.05, 3.63) is 0 Å². The Morgan fingerprint density at radius 3 is 1.25 bits per heavy atom. The van der Waals surface area contributed by atoms with Gasteiger partial charge in [-0.2, -0.15) is 0 Å². The maximum atomic E-state index is 5.48. The molecule has 0 N–H and O–H groups in total. The molecule has 1 heterocycles. The zero-order chi connectivity index (χ0) is 9.14. The minimum absolute atomic E-state index is 0.166. The van der Waals surface area contributed by atoms with E-state index in [9.17, 15) is 0 Å². The fourth-order valence-corrected chi connectivity index (χ4v) is 4.01. The summed E-state index contributed by atoms with van der Waals surface area (Å²) >= 11 is 0. The Hall–Kier alpha value is 0.274. The van der Waals surface area contributed by atoms with Crippen molar-refractivity contribution in [2.75, 3.05) is 0 Å². The highest BCUT2D eigenvalue weighted by molar-refractivity contribution is 6.44. The van der Waals surface area contributed by atoms with Crippen molar-refractivity contribution in [3.8, 4) is 0 Å². The van der Waals surface area contributed by atoms with Crippen molar-refractivity contribution in [2.45, 2.75) is 39.5 Å². The van der Waals surface area contributed by atoms with E-state index in [1.165, 1.54) is 0 Å². The van der Waals surface area contributed by atoms with Gasteiger partial charge in [0, 0.05) is 0 Å². The molecule has 1 saturated heterocycles. The predicted octanol–water partition coefficient (Wildman–Crippen LogP) is 0.459. The van der Waals surface area contributed by atoms with Crippen molar-refractivity contribution in [1.82, 2.24) is 0 Å². The third-order valence-electron chi connectivity index (χ3n) is 1.53. The maximum Gasteiger partial charge on any atom is 0.322 e. The first-order valence-electron chi connectivity index (χ1n) is 4.20. The van der Waals surface area contributed by atoms with Crippen LogP contribution in [0.15, 0.2) is 0 Å². The van der Waals surface area contributed by atoms with E-state index >= 15 is 0 Å². The fraction of sp³-hybridized carbons (Fsp3) is 1.00. The fourth-order valence-electron chi connectivity index (χ4n) is 1.21. The van der Waals surface area contributed by atoms with E-state index in [1.54, 1.807) is 0 Å². The molecule has 1 aliphatic heterocycles. The zero-order valence-corrected chi connectivity index (χ0v) is 10.3. The molecular formula is C6H16O4Si2. The topological polar surface area (TPSA) is 36.9 Å². The average molecular weight is 208 g/mol. The quantitative estimate of drug-likeness (QED) is 0.542. The Morgan fingerprint density at radius 1 is 0.750 bits per heavy atom. The minimum atomic E-state index is -1.54. The van der Waals surface area contributed by atoms with E-state index in [1.807, 2.05) is 26.9 Å². The Kier molecular flexibility index (Phi) is 3.88. The Labute approximate surface area is 76.5 Å². The van der Waals surface area contributed by atoms with E-state index in [4.69, 9.17) is 17.7 Å². The summed E-state index contributed by atoms with van der Waals surface area (Å²) in [5.74, 6) is 0. The molecule has 0 saturated carbocycles. The second-order valence-electron chi connectivity index (χ2n) is 2.81. The van der Waals surface area contributed by atoms with Gasteiger partial charge in [-0.15, -0.1) is 0 Å². The van der Waals surface area contributed by atoms with Crippen LogP contribution < -0.4 is 0 Å². The Bertz CT molecular complexity index is 106. The summed E-state index contributed by atoms with van der Waals surface area (Å²) in [6, 6.07) is 0. The smallest absolute Gasteiger partial charge is 0.322 e. The minimum Gasteiger partial charge on any atom is -0.371 e. The number of rotatable bonds is 0. The molecule has 1 fully saturated rings. The standard InChI is InChI=1S/C6H16O4Si2/c1-5-7-11(3)9-6(2)10-12(4)8-5/h5-6,11-12H,1-4H3. The SMILES string of the molecule is CC1O[SiH](C)OC(C)O[SiH](C)O1. The molecule has 0 radical (unpaired) electrons. The molecule has 1 rings (SSSR count). The molecular weight excluding hydrogens is 192 g/mol. The summed E-state index contributed by atoms with van der Waals surface area (Å²) in [6.45, 7) is 7.71. The van der Waals surface area contributed by atoms with Gasteiger partial charge in [-0.1, -0.05) is 0 Å². The van der Waals surface area contributed by atoms with Gasteiger partial charge in [0.05, 0.1) is 0 Å². The molecule has 0 amide bonds. The molecule has 6 heteroatoms. The summed E-state index contributed by atoms with van der Waals surface area (Å²) in [5.41, 5.74) is 0. The highest BCUT2D eigenvalue weighted by atomic mass is 28.3. The van der Waals surface area contributed by atoms with Gasteiger partial charge < -0.3 is 17.7 Å². The van der Waals surface area contributed by atoms with Gasteiger partial charge in [-0.3, -0.25) is 0 Å². The Morgan fingerprint density at radius 2 is 1.00 bits per heavy atom. The molecule has 4 nitrogen and oxygen atoms in total. The summed E-state index contributed by atoms with van der Waals surface area (Å²) in [4.78, 5) is 0. The van der Waals surface area contributed by atoms with Gasteiger partial charge in [0.1, 0.15) is 12.6 Å². The van der Waals surface area contributed by atoms with E-state index in [0.29, 0.717) is 0 Å². The van der Waals surface area contributed by atoms with Gasteiger partial charge >= 0.3 is 18.6 Å². The van der Waals surface area contributed by atoms with Gasteiger partial charge in [-0.25, -0.2) is 0 Å². The Balaban J connectivity index is 2.45. The van der Waals surface area contributed by atoms with E-state index in [2.05, 4.69) is 0 Å². The lowest BCUT2D eigenvalue weighted by Crippen LogP contribution is -2.40. The van der Waals surface area contributed by atoms with Crippen LogP contribution in [0.5, 0.6) is 0 Å². The lowest BCUT2D eigenvalue weighted by Gasteiger charge is -2.29. The normalized spacial score (nSPS) is 45.0. The molecule has 0 spiro atoms. The largest absolute Gasteiger partial charge is 0.371 e. The number of hydrogen-bond acceptors (Lipinski definition) is 4. The summed E-state index contributed by atoms with van der Waals surface area (Å²) in [7, 11) is -3.08. The van der Waals surface area contributed by atoms with Gasteiger partial charge in [0.15, 0.2) is 0 Å². The van der Waals surface area contributed by atoms with Gasteiger partial charge in [-0.05, 0) is 26.9 Å². The zero-order valence-electron chi connectivity index (χ0n) is 7.94. The van der Waals surface area contributed by atoms with E-state index in [0.717, 1.165) is 0 Å². The predicted molar refractivity (Wildman–Crippen MR) is 49.3 cm³/mol. The van der Waals surface area contributed by atoms with Crippen LogP contribution in [-0.4, -0.2) is 31.1 Å². The lowest BCUT2D eigenvalue weighted by molar-refractivity contribution is -0.0955. The average Bonchev–Trinajstić information content (AvgIpc) is 1.81. The van der Waals surface area contributed by atoms with Crippen molar-refractivity contribution < 1.29 is 17.7 Å². The summed E-state index contributed by atoms with van der Waals surface area (Å²) < 4.78 is 21.9. The van der Waals surface area contributed by atoms with Crippen LogP contribution in [0.3, 0.4) is 0 Å². The third-order valence-corrected chi connectivity index (χ3v) is 4.60. The van der Waals surface area contributed by atoms with Crippen molar-refractivity contribution in [1.29, 1.82) is 0 Å².